The van der Waals surface area contributed by atoms with E-state index in [-0.39, 0.29) is 12.1 Å². The third kappa shape index (κ3) is 3.29. The number of carbonyl (C=O) groups excluding carboxylic acids is 1. The Hall–Kier alpha value is -1.91. The van der Waals surface area contributed by atoms with Gasteiger partial charge in [-0.15, -0.1) is 0 Å². The number of carbonyl (C=O) groups is 1. The Bertz CT molecular complexity index is 547. The first kappa shape index (κ1) is 15.0. The first-order valence-corrected chi connectivity index (χ1v) is 8.10. The molecule has 0 radical (unpaired) electrons. The van der Waals surface area contributed by atoms with Gasteiger partial charge in [-0.1, -0.05) is 26.7 Å². The molecule has 1 aromatic rings. The zero-order valence-electron chi connectivity index (χ0n) is 13.2. The monoisotopic (exact) mass is 304 g/mol. The van der Waals surface area contributed by atoms with E-state index < -0.39 is 0 Å². The highest BCUT2D eigenvalue weighted by Gasteiger charge is 2.28. The second kappa shape index (κ2) is 6.46. The van der Waals surface area contributed by atoms with E-state index in [4.69, 9.17) is 9.47 Å². The summed E-state index contributed by atoms with van der Waals surface area (Å²) in [5.41, 5.74) is 0.721. The summed E-state index contributed by atoms with van der Waals surface area (Å²) in [6.45, 7) is 5.59. The van der Waals surface area contributed by atoms with Gasteiger partial charge in [0.1, 0.15) is 13.2 Å². The standard InChI is InChI=1S/C17H24N2O3/c1-11-4-3-5-14(12(11)2)19-17(20)18-13-6-7-15-16(10-13)22-9-8-21-15/h6-7,10-12,14H,3-5,8-9H2,1-2H3,(H2,18,19,20). The number of amides is 2. The Balaban J connectivity index is 1.59. The second-order valence-electron chi connectivity index (χ2n) is 6.33. The highest BCUT2D eigenvalue weighted by Crippen LogP contribution is 2.33. The Labute approximate surface area is 131 Å². The molecular weight excluding hydrogens is 280 g/mol. The average Bonchev–Trinajstić information content (AvgIpc) is 2.52. The third-order valence-corrected chi connectivity index (χ3v) is 4.82. The van der Waals surface area contributed by atoms with Crippen LogP contribution in [0.5, 0.6) is 11.5 Å². The van der Waals surface area contributed by atoms with Crippen molar-refractivity contribution < 1.29 is 14.3 Å². The first-order chi connectivity index (χ1) is 10.6. The molecule has 3 atom stereocenters. The van der Waals surface area contributed by atoms with Crippen LogP contribution in [0.25, 0.3) is 0 Å². The number of nitrogens with one attached hydrogen (secondary N) is 2. The van der Waals surface area contributed by atoms with Crippen LogP contribution in [0.2, 0.25) is 0 Å². The van der Waals surface area contributed by atoms with E-state index in [2.05, 4.69) is 24.5 Å². The van der Waals surface area contributed by atoms with Crippen molar-refractivity contribution in [1.82, 2.24) is 5.32 Å². The minimum absolute atomic E-state index is 0.150. The maximum absolute atomic E-state index is 12.2. The maximum atomic E-state index is 12.2. The molecule has 2 aliphatic rings. The lowest BCUT2D eigenvalue weighted by Gasteiger charge is -2.34. The van der Waals surface area contributed by atoms with Gasteiger partial charge in [0.05, 0.1) is 0 Å². The Morgan fingerprint density at radius 2 is 1.91 bits per heavy atom. The van der Waals surface area contributed by atoms with Gasteiger partial charge in [0.25, 0.3) is 0 Å². The number of hydrogen-bond acceptors (Lipinski definition) is 3. The third-order valence-electron chi connectivity index (χ3n) is 4.82. The van der Waals surface area contributed by atoms with Crippen LogP contribution < -0.4 is 20.1 Å². The molecule has 1 aliphatic carbocycles. The molecule has 5 heteroatoms. The SMILES string of the molecule is CC1CCCC(NC(=O)Nc2ccc3c(c2)OCCO3)C1C. The normalized spacial score (nSPS) is 27.1. The fourth-order valence-corrected chi connectivity index (χ4v) is 3.24. The Morgan fingerprint density at radius 1 is 1.14 bits per heavy atom. The van der Waals surface area contributed by atoms with Crippen molar-refractivity contribution in [3.8, 4) is 11.5 Å². The first-order valence-electron chi connectivity index (χ1n) is 8.10. The molecule has 1 heterocycles. The molecule has 5 nitrogen and oxygen atoms in total. The van der Waals surface area contributed by atoms with Crippen molar-refractivity contribution in [2.24, 2.45) is 11.8 Å². The summed E-state index contributed by atoms with van der Waals surface area (Å²) in [6, 6.07) is 5.57. The number of benzene rings is 1. The number of hydrogen-bond donors (Lipinski definition) is 2. The minimum atomic E-state index is -0.150. The molecule has 1 aliphatic heterocycles. The topological polar surface area (TPSA) is 59.6 Å². The average molecular weight is 304 g/mol. The van der Waals surface area contributed by atoms with Crippen molar-refractivity contribution in [3.05, 3.63) is 18.2 Å². The van der Waals surface area contributed by atoms with Gasteiger partial charge in [0, 0.05) is 17.8 Å². The van der Waals surface area contributed by atoms with E-state index in [0.717, 1.165) is 17.9 Å². The fraction of sp³-hybridized carbons (Fsp3) is 0.588. The predicted octanol–water partition coefficient (Wildman–Crippen LogP) is 3.40. The van der Waals surface area contributed by atoms with E-state index >= 15 is 0 Å². The summed E-state index contributed by atoms with van der Waals surface area (Å²) < 4.78 is 11.0. The number of fused-ring (bicyclic) bond motifs is 1. The van der Waals surface area contributed by atoms with Crippen molar-refractivity contribution in [3.63, 3.8) is 0 Å². The molecule has 1 aromatic carbocycles. The summed E-state index contributed by atoms with van der Waals surface area (Å²) >= 11 is 0. The van der Waals surface area contributed by atoms with Gasteiger partial charge in [-0.05, 0) is 30.4 Å². The van der Waals surface area contributed by atoms with Gasteiger partial charge in [0.15, 0.2) is 11.5 Å². The van der Waals surface area contributed by atoms with Gasteiger partial charge < -0.3 is 20.1 Å². The van der Waals surface area contributed by atoms with Crippen LogP contribution in [0.15, 0.2) is 18.2 Å². The van der Waals surface area contributed by atoms with Gasteiger partial charge >= 0.3 is 6.03 Å². The summed E-state index contributed by atoms with van der Waals surface area (Å²) in [4.78, 5) is 12.2. The van der Waals surface area contributed by atoms with E-state index in [1.807, 2.05) is 12.1 Å². The van der Waals surface area contributed by atoms with Crippen LogP contribution in [0.4, 0.5) is 10.5 Å². The molecule has 22 heavy (non-hydrogen) atoms. The number of ether oxygens (including phenoxy) is 2. The number of rotatable bonds is 2. The molecule has 0 spiro atoms. The van der Waals surface area contributed by atoms with Gasteiger partial charge in [-0.25, -0.2) is 4.79 Å². The lowest BCUT2D eigenvalue weighted by Crippen LogP contribution is -2.45. The van der Waals surface area contributed by atoms with E-state index in [1.165, 1.54) is 12.8 Å². The van der Waals surface area contributed by atoms with Gasteiger partial charge in [-0.2, -0.15) is 0 Å². The lowest BCUT2D eigenvalue weighted by molar-refractivity contribution is 0.171. The van der Waals surface area contributed by atoms with Gasteiger partial charge in [-0.3, -0.25) is 0 Å². The summed E-state index contributed by atoms with van der Waals surface area (Å²) in [7, 11) is 0. The molecule has 0 bridgehead atoms. The van der Waals surface area contributed by atoms with E-state index in [0.29, 0.717) is 30.8 Å². The molecular formula is C17H24N2O3. The Kier molecular flexibility index (Phi) is 4.41. The molecule has 0 saturated heterocycles. The van der Waals surface area contributed by atoms with Crippen LogP contribution in [0.1, 0.15) is 33.1 Å². The fourth-order valence-electron chi connectivity index (χ4n) is 3.24. The van der Waals surface area contributed by atoms with Crippen molar-refractivity contribution in [2.45, 2.75) is 39.2 Å². The molecule has 3 unspecified atom stereocenters. The summed E-state index contributed by atoms with van der Waals surface area (Å²) in [5.74, 6) is 2.59. The summed E-state index contributed by atoms with van der Waals surface area (Å²) in [5, 5.41) is 5.99. The van der Waals surface area contributed by atoms with Crippen LogP contribution in [0, 0.1) is 11.8 Å². The largest absolute Gasteiger partial charge is 0.486 e. The molecule has 0 aromatic heterocycles. The van der Waals surface area contributed by atoms with Crippen LogP contribution >= 0.6 is 0 Å². The quantitative estimate of drug-likeness (QED) is 0.880. The molecule has 1 fully saturated rings. The van der Waals surface area contributed by atoms with Crippen molar-refractivity contribution in [2.75, 3.05) is 18.5 Å². The highest BCUT2D eigenvalue weighted by molar-refractivity contribution is 5.89. The maximum Gasteiger partial charge on any atom is 0.319 e. The van der Waals surface area contributed by atoms with Crippen LogP contribution in [0.3, 0.4) is 0 Å². The van der Waals surface area contributed by atoms with E-state index in [1.54, 1.807) is 6.07 Å². The highest BCUT2D eigenvalue weighted by atomic mass is 16.6. The number of urea groups is 1. The van der Waals surface area contributed by atoms with E-state index in [9.17, 15) is 4.79 Å². The van der Waals surface area contributed by atoms with Crippen LogP contribution in [-0.4, -0.2) is 25.3 Å². The smallest absolute Gasteiger partial charge is 0.319 e. The van der Waals surface area contributed by atoms with Gasteiger partial charge in [0.2, 0.25) is 0 Å². The molecule has 1 saturated carbocycles. The number of anilines is 1. The van der Waals surface area contributed by atoms with Crippen LogP contribution in [-0.2, 0) is 0 Å². The lowest BCUT2D eigenvalue weighted by atomic mass is 9.78. The summed E-state index contributed by atoms with van der Waals surface area (Å²) in [6.07, 6.45) is 3.49. The van der Waals surface area contributed by atoms with Crippen molar-refractivity contribution >= 4 is 11.7 Å². The van der Waals surface area contributed by atoms with Crippen molar-refractivity contribution in [1.29, 1.82) is 0 Å². The molecule has 3 rings (SSSR count). The predicted molar refractivity (Wildman–Crippen MR) is 85.6 cm³/mol. The second-order valence-corrected chi connectivity index (χ2v) is 6.33. The Morgan fingerprint density at radius 3 is 2.73 bits per heavy atom. The molecule has 2 amide bonds. The zero-order valence-corrected chi connectivity index (χ0v) is 13.2. The zero-order chi connectivity index (χ0) is 15.5. The molecule has 2 N–H and O–H groups in total. The minimum Gasteiger partial charge on any atom is -0.486 e. The molecule has 120 valence electrons.